The minimum absolute atomic E-state index is 0.0417. The van der Waals surface area contributed by atoms with E-state index in [0.29, 0.717) is 34.9 Å². The molecule has 4 heterocycles. The van der Waals surface area contributed by atoms with E-state index in [1.54, 1.807) is 11.6 Å². The number of benzene rings is 1. The largest absolute Gasteiger partial charge is 0.384 e. The van der Waals surface area contributed by atoms with Crippen LogP contribution < -0.4 is 15.8 Å². The molecule has 1 saturated heterocycles. The van der Waals surface area contributed by atoms with Crippen LogP contribution in [0.1, 0.15) is 30.2 Å². The predicted octanol–water partition coefficient (Wildman–Crippen LogP) is 2.57. The number of piperazine rings is 1. The molecule has 1 fully saturated rings. The normalized spacial score (nSPS) is 19.3. The summed E-state index contributed by atoms with van der Waals surface area (Å²) in [5.74, 6) is 3.38. The van der Waals surface area contributed by atoms with Crippen molar-refractivity contribution in [3.8, 4) is 18.2 Å². The first-order chi connectivity index (χ1) is 18.7. The van der Waals surface area contributed by atoms with E-state index in [-0.39, 0.29) is 12.1 Å². The maximum Gasteiger partial charge on any atom is 0.279 e. The smallest absolute Gasteiger partial charge is 0.279 e. The summed E-state index contributed by atoms with van der Waals surface area (Å²) < 4.78 is 3.05. The Labute approximate surface area is 226 Å². The van der Waals surface area contributed by atoms with E-state index in [1.807, 2.05) is 18.2 Å². The van der Waals surface area contributed by atoms with Crippen molar-refractivity contribution in [1.29, 1.82) is 0 Å². The molecule has 0 radical (unpaired) electrons. The Kier molecular flexibility index (Phi) is 6.13. The maximum atomic E-state index is 13.3. The third-order valence-corrected chi connectivity index (χ3v) is 7.79. The highest BCUT2D eigenvalue weighted by Gasteiger charge is 2.34. The van der Waals surface area contributed by atoms with Crippen molar-refractivity contribution in [3.05, 3.63) is 63.7 Å². The molecule has 2 aliphatic rings. The van der Waals surface area contributed by atoms with Gasteiger partial charge in [-0.05, 0) is 69.1 Å². The van der Waals surface area contributed by atoms with Gasteiger partial charge in [0.15, 0.2) is 11.5 Å². The summed E-state index contributed by atoms with van der Waals surface area (Å²) in [4.78, 5) is 31.9. The molecule has 1 aromatic carbocycles. The number of aromatic nitrogens is 5. The number of hydrogen-bond donors (Lipinski definition) is 2. The van der Waals surface area contributed by atoms with Crippen LogP contribution >= 0.6 is 0 Å². The van der Waals surface area contributed by atoms with Gasteiger partial charge in [0.1, 0.15) is 17.5 Å². The first-order valence-corrected chi connectivity index (χ1v) is 13.2. The summed E-state index contributed by atoms with van der Waals surface area (Å²) in [6.45, 7) is 8.01. The molecule has 10 nitrogen and oxygen atoms in total. The van der Waals surface area contributed by atoms with Gasteiger partial charge in [-0.1, -0.05) is 12.0 Å². The van der Waals surface area contributed by atoms with E-state index in [4.69, 9.17) is 16.4 Å². The number of hydrogen-bond acceptors (Lipinski definition) is 8. The number of pyridine rings is 1. The van der Waals surface area contributed by atoms with Gasteiger partial charge < -0.3 is 20.2 Å². The van der Waals surface area contributed by atoms with Crippen molar-refractivity contribution in [3.63, 3.8) is 0 Å². The third-order valence-electron chi connectivity index (χ3n) is 7.79. The average Bonchev–Trinajstić information content (AvgIpc) is 3.37. The maximum absolute atomic E-state index is 13.3. The molecule has 10 heteroatoms. The Bertz CT molecular complexity index is 1670. The molecule has 1 aliphatic heterocycles. The molecule has 3 aromatic heterocycles. The monoisotopic (exact) mass is 524 g/mol. The van der Waals surface area contributed by atoms with Crippen LogP contribution in [-0.2, 0) is 18.6 Å². The minimum atomic E-state index is -1.03. The van der Waals surface area contributed by atoms with Gasteiger partial charge in [-0.25, -0.2) is 19.3 Å². The summed E-state index contributed by atoms with van der Waals surface area (Å²) in [6, 6.07) is 10.0. The van der Waals surface area contributed by atoms with Crippen molar-refractivity contribution in [2.75, 3.05) is 43.4 Å². The highest BCUT2D eigenvalue weighted by Crippen LogP contribution is 2.35. The second-order valence-electron chi connectivity index (χ2n) is 10.7. The molecule has 0 amide bonds. The fourth-order valence-electron chi connectivity index (χ4n) is 5.58. The highest BCUT2D eigenvalue weighted by molar-refractivity contribution is 5.77. The Balaban J connectivity index is 1.38. The van der Waals surface area contributed by atoms with Gasteiger partial charge >= 0.3 is 0 Å². The van der Waals surface area contributed by atoms with Crippen molar-refractivity contribution < 1.29 is 5.11 Å². The molecule has 0 unspecified atom stereocenters. The standard InChI is InChI=1S/C29H32N8O2/c1-5-12-36-27(38)22-18-30-28(31-21-7-8-23(19(2)17-21)35-15-13-34(4)14-16-35)33-26(22)37(36)24-9-6-20-10-11-29(3,39)25(20)32-24/h1,6-9,17-18,39H,10-16H2,2-4H3,(H,30,31,33)/t29-/m1/s1. The number of likely N-dealkylation sites (N-methyl/N-ethyl adjacent to an activating group) is 1. The van der Waals surface area contributed by atoms with Crippen LogP contribution in [0.4, 0.5) is 17.3 Å². The van der Waals surface area contributed by atoms with Gasteiger partial charge in [0.2, 0.25) is 5.95 Å². The lowest BCUT2D eigenvalue weighted by atomic mass is 10.0. The molecule has 0 bridgehead atoms. The number of aliphatic hydroxyl groups is 1. The second kappa shape index (κ2) is 9.52. The molecule has 2 N–H and O–H groups in total. The van der Waals surface area contributed by atoms with Crippen LogP contribution in [0.3, 0.4) is 0 Å². The lowest BCUT2D eigenvalue weighted by molar-refractivity contribution is 0.0553. The number of anilines is 3. The SMILES string of the molecule is C#CCn1c(=O)c2cnc(Nc3ccc(N4CCN(C)CC4)c(C)c3)nc2n1-c1ccc2c(n1)[C@](C)(O)CC2. The predicted molar refractivity (Wildman–Crippen MR) is 152 cm³/mol. The fraction of sp³-hybridized carbons (Fsp3) is 0.379. The number of nitrogens with zero attached hydrogens (tertiary/aromatic N) is 7. The Hall–Kier alpha value is -4.20. The molecule has 39 heavy (non-hydrogen) atoms. The Morgan fingerprint density at radius 1 is 1.15 bits per heavy atom. The fourth-order valence-corrected chi connectivity index (χ4v) is 5.58. The van der Waals surface area contributed by atoms with Crippen LogP contribution in [0, 0.1) is 19.3 Å². The first-order valence-electron chi connectivity index (χ1n) is 13.2. The Morgan fingerprint density at radius 2 is 1.95 bits per heavy atom. The number of fused-ring (bicyclic) bond motifs is 2. The molecular formula is C29H32N8O2. The van der Waals surface area contributed by atoms with E-state index in [1.165, 1.54) is 16.6 Å². The van der Waals surface area contributed by atoms with Crippen LogP contribution in [0.5, 0.6) is 0 Å². The van der Waals surface area contributed by atoms with Gasteiger partial charge in [0.05, 0.1) is 5.69 Å². The van der Waals surface area contributed by atoms with E-state index >= 15 is 0 Å². The van der Waals surface area contributed by atoms with Crippen LogP contribution in [0.15, 0.2) is 41.3 Å². The lowest BCUT2D eigenvalue weighted by Crippen LogP contribution is -2.44. The average molecular weight is 525 g/mol. The zero-order valence-electron chi connectivity index (χ0n) is 22.5. The van der Waals surface area contributed by atoms with Crippen molar-refractivity contribution >= 4 is 28.4 Å². The number of nitrogens with one attached hydrogen (secondary N) is 1. The van der Waals surface area contributed by atoms with Crippen molar-refractivity contribution in [1.82, 2.24) is 29.2 Å². The molecule has 0 spiro atoms. The number of aryl methyl sites for hydroxylation is 2. The minimum Gasteiger partial charge on any atom is -0.384 e. The number of terminal acetylenes is 1. The second-order valence-corrected chi connectivity index (χ2v) is 10.7. The summed E-state index contributed by atoms with van der Waals surface area (Å²) in [6.07, 6.45) is 8.49. The molecule has 200 valence electrons. The summed E-state index contributed by atoms with van der Waals surface area (Å²) >= 11 is 0. The molecule has 6 rings (SSSR count). The van der Waals surface area contributed by atoms with E-state index in [9.17, 15) is 9.90 Å². The third kappa shape index (κ3) is 4.43. The summed E-state index contributed by atoms with van der Waals surface area (Å²) in [5, 5.41) is 14.5. The van der Waals surface area contributed by atoms with E-state index in [2.05, 4.69) is 52.1 Å². The van der Waals surface area contributed by atoms with Crippen LogP contribution in [0.2, 0.25) is 0 Å². The van der Waals surface area contributed by atoms with Crippen LogP contribution in [-0.4, -0.2) is 67.5 Å². The van der Waals surface area contributed by atoms with Gasteiger partial charge in [-0.15, -0.1) is 6.42 Å². The molecule has 0 saturated carbocycles. The summed E-state index contributed by atoms with van der Waals surface area (Å²) in [5.41, 5.74) is 3.93. The highest BCUT2D eigenvalue weighted by atomic mass is 16.3. The van der Waals surface area contributed by atoms with Gasteiger partial charge in [0.25, 0.3) is 5.56 Å². The van der Waals surface area contributed by atoms with Gasteiger partial charge in [0, 0.05) is 43.8 Å². The molecule has 1 aliphatic carbocycles. The van der Waals surface area contributed by atoms with Crippen LogP contribution in [0.25, 0.3) is 16.9 Å². The molecule has 1 atom stereocenters. The zero-order chi connectivity index (χ0) is 27.3. The zero-order valence-corrected chi connectivity index (χ0v) is 22.5. The number of rotatable bonds is 5. The first kappa shape index (κ1) is 25.1. The molecular weight excluding hydrogens is 492 g/mol. The van der Waals surface area contributed by atoms with Crippen molar-refractivity contribution in [2.45, 2.75) is 38.8 Å². The van der Waals surface area contributed by atoms with Crippen molar-refractivity contribution in [2.24, 2.45) is 0 Å². The summed E-state index contributed by atoms with van der Waals surface area (Å²) in [7, 11) is 2.15. The Morgan fingerprint density at radius 3 is 2.69 bits per heavy atom. The van der Waals surface area contributed by atoms with Gasteiger partial charge in [-0.2, -0.15) is 4.98 Å². The quantitative estimate of drug-likeness (QED) is 0.384. The molecule has 4 aromatic rings. The van der Waals surface area contributed by atoms with Gasteiger partial charge in [-0.3, -0.25) is 4.79 Å². The van der Waals surface area contributed by atoms with E-state index < -0.39 is 5.60 Å². The van der Waals surface area contributed by atoms with E-state index in [0.717, 1.165) is 49.4 Å². The topological polar surface area (TPSA) is 104 Å². The lowest BCUT2D eigenvalue weighted by Gasteiger charge is -2.35.